The highest BCUT2D eigenvalue weighted by molar-refractivity contribution is 5.68. The first-order valence-electron chi connectivity index (χ1n) is 6.06. The smallest absolute Gasteiger partial charge is 0.305 e. The lowest BCUT2D eigenvalue weighted by atomic mass is 9.99. The molecular formula is C14H19NO2. The maximum atomic E-state index is 10.9. The van der Waals surface area contributed by atoms with Gasteiger partial charge in [-0.2, -0.15) is 0 Å². The zero-order valence-electron chi connectivity index (χ0n) is 10.4. The van der Waals surface area contributed by atoms with Gasteiger partial charge in [0.25, 0.3) is 0 Å². The summed E-state index contributed by atoms with van der Waals surface area (Å²) in [5.74, 6) is -0.0388. The molecule has 2 rings (SSSR count). The van der Waals surface area contributed by atoms with E-state index in [2.05, 4.69) is 12.1 Å². The van der Waals surface area contributed by atoms with Gasteiger partial charge in [-0.3, -0.25) is 4.79 Å². The normalized spacial score (nSPS) is 17.1. The van der Waals surface area contributed by atoms with Crippen LogP contribution in [-0.4, -0.2) is 30.1 Å². The van der Waals surface area contributed by atoms with E-state index >= 15 is 0 Å². The molecule has 1 unspecified atom stereocenters. The molecule has 0 amide bonds. The first kappa shape index (κ1) is 12.1. The fourth-order valence-electron chi connectivity index (χ4n) is 2.20. The highest BCUT2D eigenvalue weighted by atomic mass is 16.4. The molecule has 0 saturated heterocycles. The molecule has 92 valence electrons. The van der Waals surface area contributed by atoms with E-state index in [4.69, 9.17) is 5.11 Å². The Labute approximate surface area is 102 Å². The molecule has 1 atom stereocenters. The van der Waals surface area contributed by atoms with Gasteiger partial charge < -0.3 is 10.0 Å². The van der Waals surface area contributed by atoms with E-state index in [1.54, 1.807) is 0 Å². The number of carbonyl (C=O) groups is 1. The molecule has 0 spiro atoms. The number of aliphatic carboxylic acids is 1. The minimum Gasteiger partial charge on any atom is -0.481 e. The first-order chi connectivity index (χ1) is 8.08. The zero-order valence-corrected chi connectivity index (χ0v) is 10.4. The summed E-state index contributed by atoms with van der Waals surface area (Å²) in [5.41, 5.74) is 2.47. The molecule has 1 aliphatic carbocycles. The molecule has 1 aromatic carbocycles. The van der Waals surface area contributed by atoms with Crippen LogP contribution >= 0.6 is 0 Å². The lowest BCUT2D eigenvalue weighted by molar-refractivity contribution is -0.138. The standard InChI is InChI=1S/C14H19NO2/c1-15(2)13(9-14(16)17)12-5-3-4-11(8-12)10-6-7-10/h3-5,8,10,13H,6-7,9H2,1-2H3,(H,16,17). The highest BCUT2D eigenvalue weighted by Crippen LogP contribution is 2.40. The van der Waals surface area contributed by atoms with Gasteiger partial charge >= 0.3 is 5.97 Å². The number of hydrogen-bond acceptors (Lipinski definition) is 2. The van der Waals surface area contributed by atoms with E-state index < -0.39 is 5.97 Å². The number of rotatable bonds is 5. The van der Waals surface area contributed by atoms with Crippen LogP contribution in [-0.2, 0) is 4.79 Å². The summed E-state index contributed by atoms with van der Waals surface area (Å²) in [4.78, 5) is 12.9. The second kappa shape index (κ2) is 4.88. The van der Waals surface area contributed by atoms with Crippen molar-refractivity contribution in [3.8, 4) is 0 Å². The SMILES string of the molecule is CN(C)C(CC(=O)O)c1cccc(C2CC2)c1. The van der Waals surface area contributed by atoms with Crippen LogP contribution in [0.4, 0.5) is 0 Å². The summed E-state index contributed by atoms with van der Waals surface area (Å²) in [6.07, 6.45) is 2.70. The largest absolute Gasteiger partial charge is 0.481 e. The molecule has 1 saturated carbocycles. The van der Waals surface area contributed by atoms with Crippen molar-refractivity contribution >= 4 is 5.97 Å². The number of benzene rings is 1. The van der Waals surface area contributed by atoms with Crippen molar-refractivity contribution in [1.29, 1.82) is 0 Å². The molecular weight excluding hydrogens is 214 g/mol. The van der Waals surface area contributed by atoms with E-state index in [-0.39, 0.29) is 12.5 Å². The Morgan fingerprint density at radius 2 is 2.18 bits per heavy atom. The fraction of sp³-hybridized carbons (Fsp3) is 0.500. The average molecular weight is 233 g/mol. The van der Waals surface area contributed by atoms with E-state index in [0.717, 1.165) is 5.56 Å². The average Bonchev–Trinajstić information content (AvgIpc) is 3.09. The van der Waals surface area contributed by atoms with Crippen LogP contribution in [0.25, 0.3) is 0 Å². The third kappa shape index (κ3) is 3.07. The van der Waals surface area contributed by atoms with Crippen molar-refractivity contribution in [3.05, 3.63) is 35.4 Å². The van der Waals surface area contributed by atoms with Crippen LogP contribution in [0.15, 0.2) is 24.3 Å². The van der Waals surface area contributed by atoms with E-state index in [9.17, 15) is 4.79 Å². The van der Waals surface area contributed by atoms with Crippen LogP contribution in [0, 0.1) is 0 Å². The molecule has 17 heavy (non-hydrogen) atoms. The van der Waals surface area contributed by atoms with E-state index in [1.807, 2.05) is 31.1 Å². The molecule has 1 N–H and O–H groups in total. The minimum atomic E-state index is -0.750. The van der Waals surface area contributed by atoms with Crippen molar-refractivity contribution in [2.24, 2.45) is 0 Å². The number of nitrogens with zero attached hydrogens (tertiary/aromatic N) is 1. The van der Waals surface area contributed by atoms with Gasteiger partial charge in [-0.15, -0.1) is 0 Å². The van der Waals surface area contributed by atoms with Crippen molar-refractivity contribution < 1.29 is 9.90 Å². The topological polar surface area (TPSA) is 40.5 Å². The van der Waals surface area contributed by atoms with E-state index in [0.29, 0.717) is 5.92 Å². The van der Waals surface area contributed by atoms with Gasteiger partial charge in [-0.1, -0.05) is 24.3 Å². The van der Waals surface area contributed by atoms with Crippen LogP contribution < -0.4 is 0 Å². The summed E-state index contributed by atoms with van der Waals surface area (Å²) in [6.45, 7) is 0. The van der Waals surface area contributed by atoms with Crippen LogP contribution in [0.2, 0.25) is 0 Å². The number of carboxylic acid groups (broad SMARTS) is 1. The predicted molar refractivity (Wildman–Crippen MR) is 67.1 cm³/mol. The van der Waals surface area contributed by atoms with Gasteiger partial charge in [-0.25, -0.2) is 0 Å². The van der Waals surface area contributed by atoms with Gasteiger partial charge in [0.2, 0.25) is 0 Å². The number of carboxylic acids is 1. The monoisotopic (exact) mass is 233 g/mol. The number of hydrogen-bond donors (Lipinski definition) is 1. The van der Waals surface area contributed by atoms with Crippen molar-refractivity contribution in [1.82, 2.24) is 4.90 Å². The Balaban J connectivity index is 2.21. The maximum Gasteiger partial charge on any atom is 0.305 e. The van der Waals surface area contributed by atoms with Gasteiger partial charge in [0, 0.05) is 6.04 Å². The molecule has 1 fully saturated rings. The molecule has 0 radical (unpaired) electrons. The molecule has 1 aromatic rings. The van der Waals surface area contributed by atoms with Crippen LogP contribution in [0.3, 0.4) is 0 Å². The quantitative estimate of drug-likeness (QED) is 0.850. The highest BCUT2D eigenvalue weighted by Gasteiger charge is 2.25. The summed E-state index contributed by atoms with van der Waals surface area (Å²) in [5, 5.41) is 8.96. The van der Waals surface area contributed by atoms with Crippen molar-refractivity contribution in [3.63, 3.8) is 0 Å². The summed E-state index contributed by atoms with van der Waals surface area (Å²) < 4.78 is 0. The lowest BCUT2D eigenvalue weighted by Crippen LogP contribution is -2.22. The van der Waals surface area contributed by atoms with Gasteiger partial charge in [0.1, 0.15) is 0 Å². The van der Waals surface area contributed by atoms with Crippen molar-refractivity contribution in [2.45, 2.75) is 31.2 Å². The maximum absolute atomic E-state index is 10.9. The Kier molecular flexibility index (Phi) is 3.48. The second-order valence-electron chi connectivity index (χ2n) is 5.02. The molecule has 0 bridgehead atoms. The molecule has 0 heterocycles. The predicted octanol–water partition coefficient (Wildman–Crippen LogP) is 2.64. The third-order valence-corrected chi connectivity index (χ3v) is 3.34. The third-order valence-electron chi connectivity index (χ3n) is 3.34. The molecule has 0 aliphatic heterocycles. The summed E-state index contributed by atoms with van der Waals surface area (Å²) in [6, 6.07) is 8.35. The Morgan fingerprint density at radius 3 is 2.71 bits per heavy atom. The zero-order chi connectivity index (χ0) is 12.4. The minimum absolute atomic E-state index is 0.0359. The summed E-state index contributed by atoms with van der Waals surface area (Å²) >= 11 is 0. The molecule has 1 aliphatic rings. The molecule has 3 nitrogen and oxygen atoms in total. The fourth-order valence-corrected chi connectivity index (χ4v) is 2.20. The first-order valence-corrected chi connectivity index (χ1v) is 6.06. The Morgan fingerprint density at radius 1 is 1.47 bits per heavy atom. The summed E-state index contributed by atoms with van der Waals surface area (Å²) in [7, 11) is 3.86. The van der Waals surface area contributed by atoms with E-state index in [1.165, 1.54) is 18.4 Å². The van der Waals surface area contributed by atoms with Crippen LogP contribution in [0.5, 0.6) is 0 Å². The van der Waals surface area contributed by atoms with Crippen molar-refractivity contribution in [2.75, 3.05) is 14.1 Å². The van der Waals surface area contributed by atoms with Gasteiger partial charge in [0.15, 0.2) is 0 Å². The van der Waals surface area contributed by atoms with Crippen LogP contribution in [0.1, 0.15) is 42.3 Å². The lowest BCUT2D eigenvalue weighted by Gasteiger charge is -2.23. The Bertz CT molecular complexity index is 410. The molecule has 3 heteroatoms. The van der Waals surface area contributed by atoms with Gasteiger partial charge in [0.05, 0.1) is 6.42 Å². The van der Waals surface area contributed by atoms with Gasteiger partial charge in [-0.05, 0) is 44.0 Å². The molecule has 0 aromatic heterocycles. The second-order valence-corrected chi connectivity index (χ2v) is 5.02. The Hall–Kier alpha value is -1.35.